The van der Waals surface area contributed by atoms with Crippen LogP contribution in [-0.2, 0) is 0 Å². The Labute approximate surface area is 114 Å². The number of aromatic nitrogens is 1. The lowest BCUT2D eigenvalue weighted by atomic mass is 10.2. The van der Waals surface area contributed by atoms with Crippen molar-refractivity contribution in [2.45, 2.75) is 6.92 Å². The van der Waals surface area contributed by atoms with E-state index in [1.54, 1.807) is 19.1 Å². The number of pyridine rings is 1. The Balaban J connectivity index is 2.25. The largest absolute Gasteiger partial charge is 0.506 e. The number of phenols is 1. The van der Waals surface area contributed by atoms with Crippen LogP contribution in [0.4, 0.5) is 11.4 Å². The molecule has 20 heavy (non-hydrogen) atoms. The number of carbonyl (C=O) groups excluding carboxylic acids is 1. The highest BCUT2D eigenvalue weighted by Gasteiger charge is 2.15. The molecule has 0 aliphatic heterocycles. The van der Waals surface area contributed by atoms with Gasteiger partial charge in [-0.3, -0.25) is 19.9 Å². The van der Waals surface area contributed by atoms with E-state index in [1.165, 1.54) is 18.3 Å². The van der Waals surface area contributed by atoms with Gasteiger partial charge in [0.05, 0.1) is 16.7 Å². The second-order valence-corrected chi connectivity index (χ2v) is 4.08. The smallest absolute Gasteiger partial charge is 0.274 e. The first kappa shape index (κ1) is 13.5. The Morgan fingerprint density at radius 1 is 1.40 bits per heavy atom. The van der Waals surface area contributed by atoms with Gasteiger partial charge in [-0.25, -0.2) is 0 Å². The van der Waals surface area contributed by atoms with Gasteiger partial charge in [0.15, 0.2) is 0 Å². The molecule has 7 heteroatoms. The van der Waals surface area contributed by atoms with Crippen molar-refractivity contribution in [1.29, 1.82) is 0 Å². The molecule has 0 unspecified atom stereocenters. The number of carbonyl (C=O) groups is 1. The van der Waals surface area contributed by atoms with Gasteiger partial charge in [0, 0.05) is 12.3 Å². The number of nitrogens with one attached hydrogen (secondary N) is 1. The van der Waals surface area contributed by atoms with E-state index in [4.69, 9.17) is 0 Å². The van der Waals surface area contributed by atoms with Gasteiger partial charge in [0.2, 0.25) is 0 Å². The Morgan fingerprint density at radius 3 is 2.75 bits per heavy atom. The molecule has 1 amide bonds. The molecule has 0 atom stereocenters. The Bertz CT molecular complexity index is 685. The monoisotopic (exact) mass is 273 g/mol. The van der Waals surface area contributed by atoms with Crippen LogP contribution < -0.4 is 5.32 Å². The van der Waals surface area contributed by atoms with E-state index in [0.717, 1.165) is 6.07 Å². The van der Waals surface area contributed by atoms with E-state index in [2.05, 4.69) is 10.3 Å². The van der Waals surface area contributed by atoms with Gasteiger partial charge >= 0.3 is 0 Å². The lowest BCUT2D eigenvalue weighted by molar-refractivity contribution is -0.384. The first-order valence-corrected chi connectivity index (χ1v) is 5.69. The molecule has 2 aromatic rings. The molecule has 0 radical (unpaired) electrons. The fourth-order valence-corrected chi connectivity index (χ4v) is 1.64. The van der Waals surface area contributed by atoms with Crippen LogP contribution in [-0.4, -0.2) is 20.9 Å². The van der Waals surface area contributed by atoms with Gasteiger partial charge in [-0.15, -0.1) is 0 Å². The molecule has 2 rings (SSSR count). The van der Waals surface area contributed by atoms with Crippen molar-refractivity contribution in [3.63, 3.8) is 0 Å². The number of amides is 1. The maximum atomic E-state index is 12.0. The van der Waals surface area contributed by atoms with Crippen LogP contribution in [0.25, 0.3) is 0 Å². The van der Waals surface area contributed by atoms with Crippen molar-refractivity contribution in [3.8, 4) is 5.75 Å². The summed E-state index contributed by atoms with van der Waals surface area (Å²) in [5, 5.41) is 22.7. The average Bonchev–Trinajstić information content (AvgIpc) is 2.41. The third-order valence-corrected chi connectivity index (χ3v) is 2.66. The summed E-state index contributed by atoms with van der Waals surface area (Å²) in [6.07, 6.45) is 1.48. The molecule has 1 aromatic heterocycles. The lowest BCUT2D eigenvalue weighted by Crippen LogP contribution is -2.15. The van der Waals surface area contributed by atoms with E-state index >= 15 is 0 Å². The van der Waals surface area contributed by atoms with Crippen molar-refractivity contribution < 1.29 is 14.8 Å². The second kappa shape index (κ2) is 5.35. The predicted octanol–water partition coefficient (Wildman–Crippen LogP) is 2.26. The molecule has 0 saturated heterocycles. The predicted molar refractivity (Wildman–Crippen MR) is 71.7 cm³/mol. The van der Waals surface area contributed by atoms with Gasteiger partial charge in [-0.05, 0) is 24.6 Å². The van der Waals surface area contributed by atoms with Crippen molar-refractivity contribution in [2.75, 3.05) is 5.32 Å². The highest BCUT2D eigenvalue weighted by atomic mass is 16.6. The molecule has 0 aliphatic carbocycles. The zero-order chi connectivity index (χ0) is 14.7. The van der Waals surface area contributed by atoms with Gasteiger partial charge in [-0.1, -0.05) is 6.07 Å². The highest BCUT2D eigenvalue weighted by Crippen LogP contribution is 2.28. The Kier molecular flexibility index (Phi) is 3.60. The van der Waals surface area contributed by atoms with E-state index in [-0.39, 0.29) is 22.8 Å². The number of benzene rings is 1. The van der Waals surface area contributed by atoms with Crippen LogP contribution >= 0.6 is 0 Å². The van der Waals surface area contributed by atoms with Crippen LogP contribution in [0.15, 0.2) is 36.5 Å². The van der Waals surface area contributed by atoms with Crippen LogP contribution in [0.3, 0.4) is 0 Å². The first-order valence-electron chi connectivity index (χ1n) is 5.69. The molecule has 0 spiro atoms. The maximum absolute atomic E-state index is 12.0. The van der Waals surface area contributed by atoms with Crippen LogP contribution in [0.2, 0.25) is 0 Å². The van der Waals surface area contributed by atoms with Crippen molar-refractivity contribution in [3.05, 3.63) is 57.9 Å². The zero-order valence-corrected chi connectivity index (χ0v) is 10.5. The molecule has 0 aliphatic rings. The third kappa shape index (κ3) is 2.72. The van der Waals surface area contributed by atoms with Crippen LogP contribution in [0, 0.1) is 17.0 Å². The molecule has 102 valence electrons. The summed E-state index contributed by atoms with van der Waals surface area (Å²) in [6, 6.07) is 6.87. The van der Waals surface area contributed by atoms with Gasteiger partial charge in [-0.2, -0.15) is 0 Å². The number of non-ortho nitro benzene ring substituents is 1. The SMILES string of the molecule is Cc1cccnc1C(=O)Nc1ccc([N+](=O)[O-])cc1O. The van der Waals surface area contributed by atoms with E-state index in [1.807, 2.05) is 0 Å². The van der Waals surface area contributed by atoms with E-state index < -0.39 is 10.8 Å². The van der Waals surface area contributed by atoms with Crippen molar-refractivity contribution in [2.24, 2.45) is 0 Å². The number of nitro groups is 1. The van der Waals surface area contributed by atoms with Gasteiger partial charge in [0.25, 0.3) is 11.6 Å². The molecule has 0 bridgehead atoms. The third-order valence-electron chi connectivity index (χ3n) is 2.66. The molecule has 1 aromatic carbocycles. The zero-order valence-electron chi connectivity index (χ0n) is 10.5. The number of hydrogen-bond donors (Lipinski definition) is 2. The normalized spacial score (nSPS) is 10.1. The summed E-state index contributed by atoms with van der Waals surface area (Å²) in [5.74, 6) is -0.867. The number of nitro benzene ring substituents is 1. The molecule has 0 saturated carbocycles. The van der Waals surface area contributed by atoms with Crippen LogP contribution in [0.1, 0.15) is 16.1 Å². The lowest BCUT2D eigenvalue weighted by Gasteiger charge is -2.08. The highest BCUT2D eigenvalue weighted by molar-refractivity contribution is 6.04. The first-order chi connectivity index (χ1) is 9.49. The standard InChI is InChI=1S/C13H11N3O4/c1-8-3-2-6-14-12(8)13(18)15-10-5-4-9(16(19)20)7-11(10)17/h2-7,17H,1H3,(H,15,18). The number of hydrogen-bond acceptors (Lipinski definition) is 5. The summed E-state index contributed by atoms with van der Waals surface area (Å²) >= 11 is 0. The second-order valence-electron chi connectivity index (χ2n) is 4.08. The van der Waals surface area contributed by atoms with Crippen molar-refractivity contribution >= 4 is 17.3 Å². The van der Waals surface area contributed by atoms with Gasteiger partial charge < -0.3 is 10.4 Å². The Hall–Kier alpha value is -2.96. The number of aryl methyl sites for hydroxylation is 1. The minimum Gasteiger partial charge on any atom is -0.506 e. The molecule has 0 fully saturated rings. The molecular formula is C13H11N3O4. The minimum absolute atomic E-state index is 0.0886. The molecule has 2 N–H and O–H groups in total. The van der Waals surface area contributed by atoms with Gasteiger partial charge in [0.1, 0.15) is 11.4 Å². The average molecular weight is 273 g/mol. The summed E-state index contributed by atoms with van der Waals surface area (Å²) in [5.41, 5.74) is 0.747. The number of phenolic OH excluding ortho intramolecular Hbond substituents is 1. The quantitative estimate of drug-likeness (QED) is 0.507. The summed E-state index contributed by atoms with van der Waals surface area (Å²) in [6.45, 7) is 1.73. The molecule has 1 heterocycles. The van der Waals surface area contributed by atoms with Crippen molar-refractivity contribution in [1.82, 2.24) is 4.98 Å². The number of nitrogens with zero attached hydrogens (tertiary/aromatic N) is 2. The Morgan fingerprint density at radius 2 is 2.15 bits per heavy atom. The fraction of sp³-hybridized carbons (Fsp3) is 0.0769. The summed E-state index contributed by atoms with van der Waals surface area (Å²) < 4.78 is 0. The van der Waals surface area contributed by atoms with E-state index in [9.17, 15) is 20.0 Å². The molecule has 7 nitrogen and oxygen atoms in total. The van der Waals surface area contributed by atoms with E-state index in [0.29, 0.717) is 5.56 Å². The number of aromatic hydroxyl groups is 1. The molecular weight excluding hydrogens is 262 g/mol. The number of rotatable bonds is 3. The van der Waals surface area contributed by atoms with Crippen LogP contribution in [0.5, 0.6) is 5.75 Å². The number of anilines is 1. The maximum Gasteiger partial charge on any atom is 0.274 e. The minimum atomic E-state index is -0.631. The fourth-order valence-electron chi connectivity index (χ4n) is 1.64. The topological polar surface area (TPSA) is 105 Å². The summed E-state index contributed by atoms with van der Waals surface area (Å²) in [7, 11) is 0. The summed E-state index contributed by atoms with van der Waals surface area (Å²) in [4.78, 5) is 25.9.